The second-order valence-electron chi connectivity index (χ2n) is 5.13. The van der Waals surface area contributed by atoms with E-state index in [2.05, 4.69) is 40.0 Å². The molecule has 4 nitrogen and oxygen atoms in total. The van der Waals surface area contributed by atoms with Gasteiger partial charge in [0.2, 0.25) is 0 Å². The molecule has 0 aliphatic heterocycles. The molecule has 0 unspecified atom stereocenters. The van der Waals surface area contributed by atoms with Crippen LogP contribution in [0.1, 0.15) is 13.8 Å². The van der Waals surface area contributed by atoms with Crippen molar-refractivity contribution in [2.75, 3.05) is 29.9 Å². The third kappa shape index (κ3) is 5.14. The summed E-state index contributed by atoms with van der Waals surface area (Å²) in [7, 11) is 0. The largest absolute Gasteiger partial charge is 0.483 e. The lowest BCUT2D eigenvalue weighted by atomic mass is 10.2. The molecule has 0 heterocycles. The van der Waals surface area contributed by atoms with E-state index in [1.54, 1.807) is 18.2 Å². The standard InChI is InChI=1S/C18H20BrClN2O2/c1-3-22(4-2)15-8-6-14(7-9-15)21-18(23)12-24-17-10-5-13(20)11-16(17)19/h5-11H,3-4,12H2,1-2H3,(H,21,23). The first-order valence-corrected chi connectivity index (χ1v) is 8.93. The van der Waals surface area contributed by atoms with Crippen molar-refractivity contribution < 1.29 is 9.53 Å². The van der Waals surface area contributed by atoms with Gasteiger partial charge in [0.25, 0.3) is 5.91 Å². The first kappa shape index (κ1) is 18.6. The van der Waals surface area contributed by atoms with Crippen LogP contribution >= 0.6 is 27.5 Å². The van der Waals surface area contributed by atoms with E-state index in [1.807, 2.05) is 24.3 Å². The zero-order chi connectivity index (χ0) is 17.5. The molecule has 1 N–H and O–H groups in total. The van der Waals surface area contributed by atoms with Gasteiger partial charge in [-0.2, -0.15) is 0 Å². The minimum Gasteiger partial charge on any atom is -0.483 e. The van der Waals surface area contributed by atoms with Crippen molar-refractivity contribution in [1.82, 2.24) is 0 Å². The molecule has 128 valence electrons. The van der Waals surface area contributed by atoms with Gasteiger partial charge in [-0.05, 0) is 72.2 Å². The van der Waals surface area contributed by atoms with Crippen molar-refractivity contribution in [2.24, 2.45) is 0 Å². The van der Waals surface area contributed by atoms with Crippen molar-refractivity contribution in [3.05, 3.63) is 52.0 Å². The van der Waals surface area contributed by atoms with Crippen molar-refractivity contribution in [3.8, 4) is 5.75 Å². The lowest BCUT2D eigenvalue weighted by Gasteiger charge is -2.21. The molecule has 0 saturated carbocycles. The summed E-state index contributed by atoms with van der Waals surface area (Å²) in [6, 6.07) is 12.9. The second-order valence-corrected chi connectivity index (χ2v) is 6.42. The molecule has 24 heavy (non-hydrogen) atoms. The van der Waals surface area contributed by atoms with Crippen LogP contribution in [0.5, 0.6) is 5.75 Å². The predicted octanol–water partition coefficient (Wildman–Crippen LogP) is 4.97. The number of rotatable bonds is 7. The Kier molecular flexibility index (Phi) is 6.94. The van der Waals surface area contributed by atoms with Gasteiger partial charge in [0.15, 0.2) is 6.61 Å². The zero-order valence-electron chi connectivity index (χ0n) is 13.7. The van der Waals surface area contributed by atoms with E-state index < -0.39 is 0 Å². The molecule has 0 fully saturated rings. The number of amides is 1. The Morgan fingerprint density at radius 3 is 2.42 bits per heavy atom. The van der Waals surface area contributed by atoms with Crippen LogP contribution in [-0.4, -0.2) is 25.6 Å². The molecular weight excluding hydrogens is 392 g/mol. The third-order valence-electron chi connectivity index (χ3n) is 3.53. The fourth-order valence-corrected chi connectivity index (χ4v) is 3.07. The highest BCUT2D eigenvalue weighted by atomic mass is 79.9. The van der Waals surface area contributed by atoms with Crippen LogP contribution < -0.4 is 15.0 Å². The molecular formula is C18H20BrClN2O2. The van der Waals surface area contributed by atoms with E-state index in [4.69, 9.17) is 16.3 Å². The van der Waals surface area contributed by atoms with Crippen LogP contribution in [0.15, 0.2) is 46.9 Å². The highest BCUT2D eigenvalue weighted by molar-refractivity contribution is 9.10. The Hall–Kier alpha value is -1.72. The van der Waals surface area contributed by atoms with E-state index in [9.17, 15) is 4.79 Å². The van der Waals surface area contributed by atoms with E-state index in [-0.39, 0.29) is 12.5 Å². The highest BCUT2D eigenvalue weighted by Gasteiger charge is 2.07. The van der Waals surface area contributed by atoms with Crippen LogP contribution in [0.4, 0.5) is 11.4 Å². The van der Waals surface area contributed by atoms with Gasteiger partial charge in [-0.1, -0.05) is 11.6 Å². The quantitative estimate of drug-likeness (QED) is 0.699. The Bertz CT molecular complexity index is 688. The summed E-state index contributed by atoms with van der Waals surface area (Å²) < 4.78 is 6.21. The molecule has 0 radical (unpaired) electrons. The molecule has 0 bridgehead atoms. The first-order valence-electron chi connectivity index (χ1n) is 7.76. The monoisotopic (exact) mass is 410 g/mol. The number of anilines is 2. The number of carbonyl (C=O) groups excluding carboxylic acids is 1. The lowest BCUT2D eigenvalue weighted by molar-refractivity contribution is -0.118. The number of halogens is 2. The Morgan fingerprint density at radius 1 is 1.17 bits per heavy atom. The summed E-state index contributed by atoms with van der Waals surface area (Å²) >= 11 is 9.23. The fourth-order valence-electron chi connectivity index (χ4n) is 2.28. The zero-order valence-corrected chi connectivity index (χ0v) is 16.0. The van der Waals surface area contributed by atoms with Crippen molar-refractivity contribution in [2.45, 2.75) is 13.8 Å². The molecule has 2 rings (SSSR count). The van der Waals surface area contributed by atoms with Gasteiger partial charge in [0.1, 0.15) is 5.75 Å². The summed E-state index contributed by atoms with van der Waals surface area (Å²) in [5, 5.41) is 3.43. The van der Waals surface area contributed by atoms with E-state index in [1.165, 1.54) is 0 Å². The normalized spacial score (nSPS) is 10.3. The van der Waals surface area contributed by atoms with Crippen LogP contribution in [0.3, 0.4) is 0 Å². The van der Waals surface area contributed by atoms with E-state index in [0.717, 1.165) is 24.5 Å². The minimum absolute atomic E-state index is 0.0714. The second kappa shape index (κ2) is 8.94. The summed E-state index contributed by atoms with van der Waals surface area (Å²) in [6.45, 7) is 6.06. The fraction of sp³-hybridized carbons (Fsp3) is 0.278. The molecule has 0 aliphatic carbocycles. The molecule has 0 spiro atoms. The number of carbonyl (C=O) groups is 1. The van der Waals surface area contributed by atoms with E-state index in [0.29, 0.717) is 15.2 Å². The van der Waals surface area contributed by atoms with Crippen molar-refractivity contribution in [1.29, 1.82) is 0 Å². The smallest absolute Gasteiger partial charge is 0.262 e. The van der Waals surface area contributed by atoms with Crippen LogP contribution in [0.2, 0.25) is 5.02 Å². The Labute approximate surface area is 155 Å². The third-order valence-corrected chi connectivity index (χ3v) is 4.39. The average Bonchev–Trinajstić information content (AvgIpc) is 2.56. The molecule has 1 amide bonds. The number of benzene rings is 2. The van der Waals surface area contributed by atoms with Crippen molar-refractivity contribution in [3.63, 3.8) is 0 Å². The van der Waals surface area contributed by atoms with E-state index >= 15 is 0 Å². The van der Waals surface area contributed by atoms with Gasteiger partial charge in [-0.15, -0.1) is 0 Å². The van der Waals surface area contributed by atoms with Gasteiger partial charge in [-0.25, -0.2) is 0 Å². The molecule has 2 aromatic rings. The summed E-state index contributed by atoms with van der Waals surface area (Å²) in [5.74, 6) is 0.360. The summed E-state index contributed by atoms with van der Waals surface area (Å²) in [4.78, 5) is 14.3. The Balaban J connectivity index is 1.90. The lowest BCUT2D eigenvalue weighted by Crippen LogP contribution is -2.22. The summed E-state index contributed by atoms with van der Waals surface area (Å²) in [5.41, 5.74) is 1.88. The SMILES string of the molecule is CCN(CC)c1ccc(NC(=O)COc2ccc(Cl)cc2Br)cc1. The number of nitrogens with one attached hydrogen (secondary N) is 1. The topological polar surface area (TPSA) is 41.6 Å². The van der Waals surface area contributed by atoms with Gasteiger partial charge in [-0.3, -0.25) is 4.79 Å². The first-order chi connectivity index (χ1) is 11.5. The minimum atomic E-state index is -0.215. The van der Waals surface area contributed by atoms with Gasteiger partial charge in [0.05, 0.1) is 4.47 Å². The van der Waals surface area contributed by atoms with Gasteiger partial charge >= 0.3 is 0 Å². The maximum atomic E-state index is 12.0. The maximum absolute atomic E-state index is 12.0. The molecule has 0 atom stereocenters. The molecule has 2 aromatic carbocycles. The van der Waals surface area contributed by atoms with Crippen LogP contribution in [-0.2, 0) is 4.79 Å². The van der Waals surface area contributed by atoms with Crippen LogP contribution in [0, 0.1) is 0 Å². The summed E-state index contributed by atoms with van der Waals surface area (Å²) in [6.07, 6.45) is 0. The predicted molar refractivity (Wildman–Crippen MR) is 103 cm³/mol. The van der Waals surface area contributed by atoms with Gasteiger partial charge < -0.3 is 15.0 Å². The average molecular weight is 412 g/mol. The van der Waals surface area contributed by atoms with Gasteiger partial charge in [0, 0.05) is 29.5 Å². The molecule has 0 aromatic heterocycles. The number of hydrogen-bond acceptors (Lipinski definition) is 3. The molecule has 0 saturated heterocycles. The number of nitrogens with zero attached hydrogens (tertiary/aromatic N) is 1. The number of ether oxygens (including phenoxy) is 1. The molecule has 0 aliphatic rings. The van der Waals surface area contributed by atoms with Crippen LogP contribution in [0.25, 0.3) is 0 Å². The maximum Gasteiger partial charge on any atom is 0.262 e. The Morgan fingerprint density at radius 2 is 1.83 bits per heavy atom. The highest BCUT2D eigenvalue weighted by Crippen LogP contribution is 2.28. The molecule has 6 heteroatoms. The number of hydrogen-bond donors (Lipinski definition) is 1. The van der Waals surface area contributed by atoms with Crippen molar-refractivity contribution >= 4 is 44.8 Å².